The third-order valence-electron chi connectivity index (χ3n) is 4.00. The molecule has 1 aliphatic carbocycles. The standard InChI is InChI=1S/C15H19Cl2NO/c16-12-2-1-10(14(17)8-12)7-11-9-19-6-5-15(11)18-13-3-4-13/h1-2,8,11,13,15,18H,3-7,9H2/t11-,15+/m0/s1. The van der Waals surface area contributed by atoms with Gasteiger partial charge < -0.3 is 10.1 Å². The number of rotatable bonds is 4. The van der Waals surface area contributed by atoms with Gasteiger partial charge in [0, 0.05) is 34.7 Å². The summed E-state index contributed by atoms with van der Waals surface area (Å²) in [6, 6.07) is 7.08. The van der Waals surface area contributed by atoms with Crippen molar-refractivity contribution < 1.29 is 4.74 Å². The lowest BCUT2D eigenvalue weighted by atomic mass is 9.89. The molecule has 1 saturated carbocycles. The molecule has 104 valence electrons. The molecule has 0 unspecified atom stereocenters. The quantitative estimate of drug-likeness (QED) is 0.915. The minimum atomic E-state index is 0.507. The SMILES string of the molecule is Clc1ccc(C[C@H]2COCC[C@H]2NC2CC2)c(Cl)c1. The Labute approximate surface area is 124 Å². The van der Waals surface area contributed by atoms with E-state index >= 15 is 0 Å². The van der Waals surface area contributed by atoms with E-state index < -0.39 is 0 Å². The van der Waals surface area contributed by atoms with Crippen LogP contribution in [0.15, 0.2) is 18.2 Å². The van der Waals surface area contributed by atoms with E-state index in [4.69, 9.17) is 27.9 Å². The molecule has 4 heteroatoms. The molecule has 3 rings (SSSR count). The molecule has 2 nitrogen and oxygen atoms in total. The highest BCUT2D eigenvalue weighted by Crippen LogP contribution is 2.29. The first-order valence-corrected chi connectivity index (χ1v) is 7.75. The topological polar surface area (TPSA) is 21.3 Å². The molecular formula is C15H19Cl2NO. The number of hydrogen-bond acceptors (Lipinski definition) is 2. The van der Waals surface area contributed by atoms with Gasteiger partial charge in [-0.25, -0.2) is 0 Å². The maximum atomic E-state index is 6.27. The first-order valence-electron chi connectivity index (χ1n) is 7.00. The van der Waals surface area contributed by atoms with Crippen molar-refractivity contribution in [3.8, 4) is 0 Å². The highest BCUT2D eigenvalue weighted by Gasteiger charge is 2.31. The van der Waals surface area contributed by atoms with E-state index in [1.54, 1.807) is 0 Å². The fraction of sp³-hybridized carbons (Fsp3) is 0.600. The first kappa shape index (κ1) is 13.7. The van der Waals surface area contributed by atoms with Gasteiger partial charge in [-0.2, -0.15) is 0 Å². The Balaban J connectivity index is 1.68. The molecule has 1 N–H and O–H groups in total. The van der Waals surface area contributed by atoms with Crippen LogP contribution in [-0.2, 0) is 11.2 Å². The Morgan fingerprint density at radius 1 is 1.21 bits per heavy atom. The van der Waals surface area contributed by atoms with Gasteiger partial charge in [0.15, 0.2) is 0 Å². The summed E-state index contributed by atoms with van der Waals surface area (Å²) in [5, 5.41) is 5.21. The summed E-state index contributed by atoms with van der Waals surface area (Å²) in [4.78, 5) is 0. The largest absolute Gasteiger partial charge is 0.381 e. The van der Waals surface area contributed by atoms with Gasteiger partial charge >= 0.3 is 0 Å². The monoisotopic (exact) mass is 299 g/mol. The van der Waals surface area contributed by atoms with Gasteiger partial charge in [-0.05, 0) is 43.4 Å². The number of benzene rings is 1. The molecule has 1 aliphatic heterocycles. The van der Waals surface area contributed by atoms with Crippen LogP contribution in [0.1, 0.15) is 24.8 Å². The second-order valence-corrected chi connectivity index (χ2v) is 6.45. The molecule has 0 spiro atoms. The van der Waals surface area contributed by atoms with Gasteiger partial charge in [0.05, 0.1) is 6.61 Å². The molecule has 1 heterocycles. The zero-order valence-corrected chi connectivity index (χ0v) is 12.4. The summed E-state index contributed by atoms with van der Waals surface area (Å²) in [5.74, 6) is 0.507. The van der Waals surface area contributed by atoms with E-state index in [2.05, 4.69) is 5.32 Å². The number of nitrogens with one attached hydrogen (secondary N) is 1. The van der Waals surface area contributed by atoms with Crippen molar-refractivity contribution >= 4 is 23.2 Å². The highest BCUT2D eigenvalue weighted by molar-refractivity contribution is 6.35. The third-order valence-corrected chi connectivity index (χ3v) is 4.59. The van der Waals surface area contributed by atoms with Gasteiger partial charge in [-0.1, -0.05) is 29.3 Å². The molecule has 0 bridgehead atoms. The summed E-state index contributed by atoms with van der Waals surface area (Å²) < 4.78 is 5.64. The minimum absolute atomic E-state index is 0.507. The Hall–Kier alpha value is -0.280. The Morgan fingerprint density at radius 3 is 2.79 bits per heavy atom. The average Bonchev–Trinajstić information content (AvgIpc) is 3.19. The molecule has 19 heavy (non-hydrogen) atoms. The van der Waals surface area contributed by atoms with E-state index in [0.717, 1.165) is 37.1 Å². The van der Waals surface area contributed by atoms with Crippen LogP contribution in [0, 0.1) is 5.92 Å². The van der Waals surface area contributed by atoms with E-state index in [0.29, 0.717) is 17.0 Å². The van der Waals surface area contributed by atoms with Crippen molar-refractivity contribution in [1.82, 2.24) is 5.32 Å². The van der Waals surface area contributed by atoms with E-state index in [1.165, 1.54) is 18.4 Å². The van der Waals surface area contributed by atoms with E-state index in [1.807, 2.05) is 18.2 Å². The zero-order valence-electron chi connectivity index (χ0n) is 10.9. The van der Waals surface area contributed by atoms with Crippen molar-refractivity contribution in [2.45, 2.75) is 37.8 Å². The Kier molecular flexibility index (Phi) is 4.33. The highest BCUT2D eigenvalue weighted by atomic mass is 35.5. The maximum Gasteiger partial charge on any atom is 0.0512 e. The summed E-state index contributed by atoms with van der Waals surface area (Å²) >= 11 is 12.2. The lowest BCUT2D eigenvalue weighted by molar-refractivity contribution is 0.0316. The predicted molar refractivity (Wildman–Crippen MR) is 79.0 cm³/mol. The smallest absolute Gasteiger partial charge is 0.0512 e. The summed E-state index contributed by atoms with van der Waals surface area (Å²) in [6.45, 7) is 1.69. The van der Waals surface area contributed by atoms with E-state index in [-0.39, 0.29) is 0 Å². The van der Waals surface area contributed by atoms with Crippen LogP contribution < -0.4 is 5.32 Å². The van der Waals surface area contributed by atoms with Gasteiger partial charge in [-0.3, -0.25) is 0 Å². The number of halogens is 2. The fourth-order valence-corrected chi connectivity index (χ4v) is 3.23. The summed E-state index contributed by atoms with van der Waals surface area (Å²) in [5.41, 5.74) is 1.17. The molecule has 2 fully saturated rings. The van der Waals surface area contributed by atoms with Crippen LogP contribution in [0.5, 0.6) is 0 Å². The second kappa shape index (κ2) is 6.01. The van der Waals surface area contributed by atoms with Gasteiger partial charge in [-0.15, -0.1) is 0 Å². The summed E-state index contributed by atoms with van der Waals surface area (Å²) in [7, 11) is 0. The van der Waals surface area contributed by atoms with Crippen LogP contribution in [0.25, 0.3) is 0 Å². The third kappa shape index (κ3) is 3.63. The van der Waals surface area contributed by atoms with Gasteiger partial charge in [0.2, 0.25) is 0 Å². The maximum absolute atomic E-state index is 6.27. The van der Waals surface area contributed by atoms with Crippen molar-refractivity contribution in [3.05, 3.63) is 33.8 Å². The second-order valence-electron chi connectivity index (χ2n) is 5.61. The Bertz CT molecular complexity index is 448. The zero-order chi connectivity index (χ0) is 13.2. The molecule has 0 aromatic heterocycles. The molecule has 1 aromatic carbocycles. The molecule has 1 saturated heterocycles. The average molecular weight is 300 g/mol. The van der Waals surface area contributed by atoms with Crippen LogP contribution in [0.3, 0.4) is 0 Å². The van der Waals surface area contributed by atoms with Crippen molar-refractivity contribution in [2.75, 3.05) is 13.2 Å². The van der Waals surface area contributed by atoms with E-state index in [9.17, 15) is 0 Å². The lowest BCUT2D eigenvalue weighted by Gasteiger charge is -2.32. The normalized spacial score (nSPS) is 27.5. The van der Waals surface area contributed by atoms with Crippen LogP contribution in [0.2, 0.25) is 10.0 Å². The van der Waals surface area contributed by atoms with Crippen LogP contribution >= 0.6 is 23.2 Å². The fourth-order valence-electron chi connectivity index (χ4n) is 2.74. The summed E-state index contributed by atoms with van der Waals surface area (Å²) in [6.07, 6.45) is 4.71. The van der Waals surface area contributed by atoms with Gasteiger partial charge in [0.1, 0.15) is 0 Å². The molecule has 0 amide bonds. The lowest BCUT2D eigenvalue weighted by Crippen LogP contribution is -2.44. The number of ether oxygens (including phenoxy) is 1. The first-order chi connectivity index (χ1) is 9.22. The number of hydrogen-bond donors (Lipinski definition) is 1. The van der Waals surface area contributed by atoms with Crippen LogP contribution in [0.4, 0.5) is 0 Å². The Morgan fingerprint density at radius 2 is 2.05 bits per heavy atom. The van der Waals surface area contributed by atoms with Crippen LogP contribution in [-0.4, -0.2) is 25.3 Å². The van der Waals surface area contributed by atoms with Crippen molar-refractivity contribution in [3.63, 3.8) is 0 Å². The van der Waals surface area contributed by atoms with Gasteiger partial charge in [0.25, 0.3) is 0 Å². The molecule has 2 aliphatic rings. The predicted octanol–water partition coefficient (Wildman–Crippen LogP) is 3.69. The molecule has 2 atom stereocenters. The van der Waals surface area contributed by atoms with Crippen molar-refractivity contribution in [2.24, 2.45) is 5.92 Å². The molecule has 1 aromatic rings. The van der Waals surface area contributed by atoms with Crippen molar-refractivity contribution in [1.29, 1.82) is 0 Å². The molecule has 0 radical (unpaired) electrons. The molecular weight excluding hydrogens is 281 g/mol. The minimum Gasteiger partial charge on any atom is -0.381 e.